The SMILES string of the molecule is COc1cc([N+](=O)[O-])ccc1S(=O)(=O)N1CCN(C(C)=O)CC1. The molecule has 2 rings (SSSR count). The van der Waals surface area contributed by atoms with Crippen LogP contribution in [0.2, 0.25) is 0 Å². The van der Waals surface area contributed by atoms with Crippen molar-refractivity contribution < 1.29 is 22.9 Å². The zero-order chi connectivity index (χ0) is 17.2. The van der Waals surface area contributed by atoms with Gasteiger partial charge in [0.2, 0.25) is 15.9 Å². The maximum Gasteiger partial charge on any atom is 0.273 e. The highest BCUT2D eigenvalue weighted by atomic mass is 32.2. The average molecular weight is 343 g/mol. The zero-order valence-corrected chi connectivity index (χ0v) is 13.6. The third kappa shape index (κ3) is 3.42. The second-order valence-electron chi connectivity index (χ2n) is 5.00. The number of rotatable bonds is 4. The molecule has 0 aromatic heterocycles. The van der Waals surface area contributed by atoms with Gasteiger partial charge in [-0.15, -0.1) is 0 Å². The number of benzene rings is 1. The molecule has 1 aromatic carbocycles. The Bertz CT molecular complexity index is 725. The van der Waals surface area contributed by atoms with E-state index in [-0.39, 0.29) is 35.3 Å². The molecule has 1 aliphatic heterocycles. The lowest BCUT2D eigenvalue weighted by Crippen LogP contribution is -2.49. The molecule has 0 saturated carbocycles. The molecule has 0 radical (unpaired) electrons. The van der Waals surface area contributed by atoms with Crippen LogP contribution >= 0.6 is 0 Å². The van der Waals surface area contributed by atoms with E-state index in [2.05, 4.69) is 0 Å². The minimum atomic E-state index is -3.85. The van der Waals surface area contributed by atoms with E-state index in [1.807, 2.05) is 0 Å². The summed E-state index contributed by atoms with van der Waals surface area (Å²) in [5.74, 6) is -0.178. The van der Waals surface area contributed by atoms with E-state index < -0.39 is 14.9 Å². The number of nitro groups is 1. The van der Waals surface area contributed by atoms with E-state index in [1.165, 1.54) is 24.4 Å². The molecule has 1 aromatic rings. The minimum absolute atomic E-state index is 0.0757. The van der Waals surface area contributed by atoms with Gasteiger partial charge in [-0.1, -0.05) is 0 Å². The lowest BCUT2D eigenvalue weighted by molar-refractivity contribution is -0.385. The minimum Gasteiger partial charge on any atom is -0.495 e. The van der Waals surface area contributed by atoms with Gasteiger partial charge in [-0.25, -0.2) is 8.42 Å². The summed E-state index contributed by atoms with van der Waals surface area (Å²) >= 11 is 0. The number of amides is 1. The molecule has 0 atom stereocenters. The number of non-ortho nitro benzene ring substituents is 1. The van der Waals surface area contributed by atoms with Crippen LogP contribution in [0.5, 0.6) is 5.75 Å². The number of hydrogen-bond donors (Lipinski definition) is 0. The molecular formula is C13H17N3O6S. The van der Waals surface area contributed by atoms with Crippen LogP contribution in [-0.4, -0.2) is 61.7 Å². The first kappa shape index (κ1) is 17.2. The van der Waals surface area contributed by atoms with Gasteiger partial charge in [-0.05, 0) is 6.07 Å². The topological polar surface area (TPSA) is 110 Å². The summed E-state index contributed by atoms with van der Waals surface area (Å²) in [5, 5.41) is 10.8. The summed E-state index contributed by atoms with van der Waals surface area (Å²) in [6, 6.07) is 3.38. The van der Waals surface area contributed by atoms with E-state index in [0.29, 0.717) is 13.1 Å². The van der Waals surface area contributed by atoms with Gasteiger partial charge in [-0.3, -0.25) is 14.9 Å². The normalized spacial score (nSPS) is 16.2. The van der Waals surface area contributed by atoms with Gasteiger partial charge in [0.25, 0.3) is 5.69 Å². The Balaban J connectivity index is 2.30. The fourth-order valence-corrected chi connectivity index (χ4v) is 3.92. The first-order chi connectivity index (χ1) is 10.8. The Morgan fingerprint density at radius 2 is 1.87 bits per heavy atom. The monoisotopic (exact) mass is 343 g/mol. The summed E-state index contributed by atoms with van der Waals surface area (Å²) in [6.45, 7) is 2.39. The summed E-state index contributed by atoms with van der Waals surface area (Å²) in [5.41, 5.74) is -0.248. The highest BCUT2D eigenvalue weighted by Crippen LogP contribution is 2.30. The van der Waals surface area contributed by atoms with E-state index in [4.69, 9.17) is 4.74 Å². The van der Waals surface area contributed by atoms with Gasteiger partial charge in [-0.2, -0.15) is 4.31 Å². The summed E-state index contributed by atoms with van der Waals surface area (Å²) < 4.78 is 31.6. The molecule has 1 saturated heterocycles. The molecule has 0 spiro atoms. The van der Waals surface area contributed by atoms with E-state index in [9.17, 15) is 23.3 Å². The number of carbonyl (C=O) groups excluding carboxylic acids is 1. The number of hydrogen-bond acceptors (Lipinski definition) is 6. The lowest BCUT2D eigenvalue weighted by atomic mass is 10.3. The van der Waals surface area contributed by atoms with Gasteiger partial charge in [0.1, 0.15) is 10.6 Å². The number of piperazine rings is 1. The Hall–Kier alpha value is -2.20. The first-order valence-corrected chi connectivity index (χ1v) is 8.29. The molecule has 126 valence electrons. The number of carbonyl (C=O) groups is 1. The Labute approximate surface area is 133 Å². The Morgan fingerprint density at radius 3 is 2.35 bits per heavy atom. The van der Waals surface area contributed by atoms with E-state index in [0.717, 1.165) is 12.1 Å². The van der Waals surface area contributed by atoms with Crippen molar-refractivity contribution in [1.29, 1.82) is 0 Å². The maximum absolute atomic E-state index is 12.7. The Kier molecular flexibility index (Phi) is 4.85. The molecule has 9 nitrogen and oxygen atoms in total. The number of methoxy groups -OCH3 is 1. The molecule has 0 N–H and O–H groups in total. The molecule has 1 amide bonds. The van der Waals surface area contributed by atoms with Crippen molar-refractivity contribution in [2.24, 2.45) is 0 Å². The fourth-order valence-electron chi connectivity index (χ4n) is 2.37. The van der Waals surface area contributed by atoms with E-state index in [1.54, 1.807) is 4.90 Å². The quantitative estimate of drug-likeness (QED) is 0.580. The molecule has 1 aliphatic rings. The number of nitrogens with zero attached hydrogens (tertiary/aromatic N) is 3. The van der Waals surface area contributed by atoms with Crippen LogP contribution in [0.4, 0.5) is 5.69 Å². The van der Waals surface area contributed by atoms with Gasteiger partial charge in [0.15, 0.2) is 0 Å². The largest absolute Gasteiger partial charge is 0.495 e. The van der Waals surface area contributed by atoms with Crippen molar-refractivity contribution >= 4 is 21.6 Å². The highest BCUT2D eigenvalue weighted by Gasteiger charge is 2.32. The van der Waals surface area contributed by atoms with Crippen molar-refractivity contribution in [2.45, 2.75) is 11.8 Å². The second kappa shape index (κ2) is 6.50. The fraction of sp³-hybridized carbons (Fsp3) is 0.462. The third-order valence-electron chi connectivity index (χ3n) is 3.66. The van der Waals surface area contributed by atoms with Crippen molar-refractivity contribution in [1.82, 2.24) is 9.21 Å². The smallest absolute Gasteiger partial charge is 0.273 e. The lowest BCUT2D eigenvalue weighted by Gasteiger charge is -2.33. The summed E-state index contributed by atoms with van der Waals surface area (Å²) in [4.78, 5) is 22.9. The summed E-state index contributed by atoms with van der Waals surface area (Å²) in [7, 11) is -2.59. The van der Waals surface area contributed by atoms with Crippen molar-refractivity contribution in [2.75, 3.05) is 33.3 Å². The van der Waals surface area contributed by atoms with Gasteiger partial charge < -0.3 is 9.64 Å². The molecule has 1 heterocycles. The van der Waals surface area contributed by atoms with Crippen LogP contribution in [0.15, 0.2) is 23.1 Å². The van der Waals surface area contributed by atoms with Gasteiger partial charge in [0.05, 0.1) is 18.1 Å². The van der Waals surface area contributed by atoms with Crippen LogP contribution in [-0.2, 0) is 14.8 Å². The maximum atomic E-state index is 12.7. The first-order valence-electron chi connectivity index (χ1n) is 6.85. The number of nitro benzene ring substituents is 1. The van der Waals surface area contributed by atoms with Crippen LogP contribution in [0.25, 0.3) is 0 Å². The van der Waals surface area contributed by atoms with Crippen LogP contribution in [0.1, 0.15) is 6.92 Å². The molecule has 0 unspecified atom stereocenters. The average Bonchev–Trinajstić information content (AvgIpc) is 2.54. The predicted molar refractivity (Wildman–Crippen MR) is 80.7 cm³/mol. The standard InChI is InChI=1S/C13H17N3O6S/c1-10(17)14-5-7-15(8-6-14)23(20,21)13-4-3-11(16(18)19)9-12(13)22-2/h3-4,9H,5-8H2,1-2H3. The van der Waals surface area contributed by atoms with Crippen LogP contribution < -0.4 is 4.74 Å². The molecule has 0 aliphatic carbocycles. The van der Waals surface area contributed by atoms with Crippen molar-refractivity contribution in [3.05, 3.63) is 28.3 Å². The number of sulfonamides is 1. The van der Waals surface area contributed by atoms with Crippen molar-refractivity contribution in [3.63, 3.8) is 0 Å². The third-order valence-corrected chi connectivity index (χ3v) is 5.60. The molecule has 23 heavy (non-hydrogen) atoms. The number of ether oxygens (including phenoxy) is 1. The molecule has 0 bridgehead atoms. The molecular weight excluding hydrogens is 326 g/mol. The predicted octanol–water partition coefficient (Wildman–Crippen LogP) is 0.456. The van der Waals surface area contributed by atoms with Crippen LogP contribution in [0, 0.1) is 10.1 Å². The second-order valence-corrected chi connectivity index (χ2v) is 6.91. The van der Waals surface area contributed by atoms with Crippen LogP contribution in [0.3, 0.4) is 0 Å². The molecule has 1 fully saturated rings. The zero-order valence-electron chi connectivity index (χ0n) is 12.8. The summed E-state index contributed by atoms with van der Waals surface area (Å²) in [6.07, 6.45) is 0. The van der Waals surface area contributed by atoms with Gasteiger partial charge >= 0.3 is 0 Å². The van der Waals surface area contributed by atoms with Gasteiger partial charge in [0, 0.05) is 39.2 Å². The van der Waals surface area contributed by atoms with Crippen molar-refractivity contribution in [3.8, 4) is 5.75 Å². The highest BCUT2D eigenvalue weighted by molar-refractivity contribution is 7.89. The Morgan fingerprint density at radius 1 is 1.26 bits per heavy atom. The van der Waals surface area contributed by atoms with E-state index >= 15 is 0 Å². The molecule has 10 heteroatoms.